The molecule has 1 saturated heterocycles. The van der Waals surface area contributed by atoms with Crippen molar-refractivity contribution in [3.05, 3.63) is 35.4 Å². The van der Waals surface area contributed by atoms with Gasteiger partial charge in [0.25, 0.3) is 5.91 Å². The van der Waals surface area contributed by atoms with Gasteiger partial charge in [-0.1, -0.05) is 19.1 Å². The molecule has 0 saturated carbocycles. The van der Waals surface area contributed by atoms with Crippen molar-refractivity contribution in [1.82, 2.24) is 10.3 Å². The molecular formula is C14H14N4O2. The first-order chi connectivity index (χ1) is 9.50. The van der Waals surface area contributed by atoms with E-state index in [4.69, 9.17) is 5.26 Å². The number of urea groups is 1. The van der Waals surface area contributed by atoms with Crippen molar-refractivity contribution in [1.29, 1.82) is 5.26 Å². The van der Waals surface area contributed by atoms with Gasteiger partial charge >= 0.3 is 6.03 Å². The number of amides is 3. The number of hydrogen-bond donors (Lipinski definition) is 1. The molecule has 6 nitrogen and oxygen atoms in total. The lowest BCUT2D eigenvalue weighted by Gasteiger charge is -2.17. The average Bonchev–Trinajstić information content (AvgIpc) is 2.68. The summed E-state index contributed by atoms with van der Waals surface area (Å²) in [5.74, 6) is -0.366. The zero-order valence-corrected chi connectivity index (χ0v) is 11.3. The smallest absolute Gasteiger partial charge is 0.322 e. The number of carbonyl (C=O) groups is 2. The van der Waals surface area contributed by atoms with Crippen LogP contribution < -0.4 is 5.32 Å². The van der Waals surface area contributed by atoms with E-state index in [9.17, 15) is 9.59 Å². The highest BCUT2D eigenvalue weighted by Crippen LogP contribution is 2.20. The lowest BCUT2D eigenvalue weighted by atomic mass is 10.00. The van der Waals surface area contributed by atoms with Crippen molar-refractivity contribution >= 4 is 18.2 Å². The topological polar surface area (TPSA) is 85.6 Å². The number of imide groups is 1. The van der Waals surface area contributed by atoms with Crippen molar-refractivity contribution < 1.29 is 9.59 Å². The zero-order chi connectivity index (χ0) is 14.8. The second-order valence-electron chi connectivity index (χ2n) is 4.71. The number of rotatable bonds is 3. The van der Waals surface area contributed by atoms with Crippen LogP contribution in [0.25, 0.3) is 0 Å². The lowest BCUT2D eigenvalue weighted by molar-refractivity contribution is -0.130. The molecule has 102 valence electrons. The average molecular weight is 270 g/mol. The van der Waals surface area contributed by atoms with Gasteiger partial charge < -0.3 is 5.32 Å². The number of nitrogens with one attached hydrogen (secondary N) is 1. The van der Waals surface area contributed by atoms with Crippen molar-refractivity contribution in [3.8, 4) is 6.07 Å². The van der Waals surface area contributed by atoms with E-state index < -0.39 is 11.6 Å². The third kappa shape index (κ3) is 2.38. The van der Waals surface area contributed by atoms with Crippen LogP contribution in [0.15, 0.2) is 29.4 Å². The Kier molecular flexibility index (Phi) is 3.53. The molecular weight excluding hydrogens is 256 g/mol. The van der Waals surface area contributed by atoms with Gasteiger partial charge in [-0.2, -0.15) is 10.4 Å². The number of nitrogens with zero attached hydrogens (tertiary/aromatic N) is 3. The first-order valence-corrected chi connectivity index (χ1v) is 6.21. The maximum atomic E-state index is 12.1. The Labute approximate surface area is 116 Å². The van der Waals surface area contributed by atoms with E-state index in [1.54, 1.807) is 31.2 Å². The minimum absolute atomic E-state index is 0.366. The molecule has 0 radical (unpaired) electrons. The van der Waals surface area contributed by atoms with Crippen LogP contribution in [0.2, 0.25) is 0 Å². The Bertz CT molecular complexity index is 615. The van der Waals surface area contributed by atoms with E-state index in [-0.39, 0.29) is 5.91 Å². The fourth-order valence-electron chi connectivity index (χ4n) is 1.78. The van der Waals surface area contributed by atoms with Crippen LogP contribution in [0, 0.1) is 11.3 Å². The zero-order valence-electron chi connectivity index (χ0n) is 11.3. The van der Waals surface area contributed by atoms with Crippen LogP contribution in [0.1, 0.15) is 31.4 Å². The second kappa shape index (κ2) is 5.13. The van der Waals surface area contributed by atoms with Crippen molar-refractivity contribution in [2.24, 2.45) is 5.10 Å². The summed E-state index contributed by atoms with van der Waals surface area (Å²) in [5.41, 5.74) is 0.351. The van der Waals surface area contributed by atoms with E-state index in [0.717, 1.165) is 5.01 Å². The number of benzene rings is 1. The van der Waals surface area contributed by atoms with Gasteiger partial charge in [0.2, 0.25) is 0 Å². The highest BCUT2D eigenvalue weighted by molar-refractivity contribution is 6.07. The highest BCUT2D eigenvalue weighted by Gasteiger charge is 2.46. The molecule has 1 aromatic rings. The molecule has 1 heterocycles. The van der Waals surface area contributed by atoms with Gasteiger partial charge in [-0.3, -0.25) is 4.79 Å². The Morgan fingerprint density at radius 2 is 2.05 bits per heavy atom. The molecule has 0 bridgehead atoms. The van der Waals surface area contributed by atoms with Crippen molar-refractivity contribution in [2.45, 2.75) is 25.8 Å². The lowest BCUT2D eigenvalue weighted by Crippen LogP contribution is -2.42. The van der Waals surface area contributed by atoms with Crippen LogP contribution >= 0.6 is 0 Å². The Morgan fingerprint density at radius 3 is 2.55 bits per heavy atom. The van der Waals surface area contributed by atoms with Gasteiger partial charge in [0.15, 0.2) is 0 Å². The quantitative estimate of drug-likeness (QED) is 0.668. The number of nitriles is 1. The molecule has 1 atom stereocenters. The standard InChI is InChI=1S/C14H14N4O2/c1-3-14(2)12(19)18(13(20)17-14)16-9-11-6-4-10(8-15)5-7-11/h4-7,9H,3H2,1-2H3,(H,17,20)/b16-9-/t14-/m1/s1. The third-order valence-electron chi connectivity index (χ3n) is 3.31. The van der Waals surface area contributed by atoms with E-state index in [0.29, 0.717) is 17.5 Å². The molecule has 0 aromatic heterocycles. The Morgan fingerprint density at radius 1 is 1.40 bits per heavy atom. The fourth-order valence-corrected chi connectivity index (χ4v) is 1.78. The van der Waals surface area contributed by atoms with Gasteiger partial charge in [-0.25, -0.2) is 4.79 Å². The van der Waals surface area contributed by atoms with Gasteiger partial charge in [0, 0.05) is 0 Å². The summed E-state index contributed by atoms with van der Waals surface area (Å²) >= 11 is 0. The molecule has 0 aliphatic carbocycles. The Hall–Kier alpha value is -2.68. The van der Waals surface area contributed by atoms with Crippen molar-refractivity contribution in [3.63, 3.8) is 0 Å². The molecule has 20 heavy (non-hydrogen) atoms. The largest absolute Gasteiger partial charge is 0.346 e. The van der Waals surface area contributed by atoms with Crippen LogP contribution in [0.4, 0.5) is 4.79 Å². The molecule has 1 aromatic carbocycles. The van der Waals surface area contributed by atoms with Crippen molar-refractivity contribution in [2.75, 3.05) is 0 Å². The maximum absolute atomic E-state index is 12.1. The molecule has 1 aliphatic rings. The van der Waals surface area contributed by atoms with Gasteiger partial charge in [-0.15, -0.1) is 5.01 Å². The highest BCUT2D eigenvalue weighted by atomic mass is 16.2. The molecule has 3 amide bonds. The maximum Gasteiger partial charge on any atom is 0.346 e. The van der Waals surface area contributed by atoms with Gasteiger partial charge in [-0.05, 0) is 31.0 Å². The number of hydrazone groups is 1. The molecule has 6 heteroatoms. The summed E-state index contributed by atoms with van der Waals surface area (Å²) in [4.78, 5) is 23.8. The minimum atomic E-state index is -0.890. The predicted octanol–water partition coefficient (Wildman–Crippen LogP) is 1.61. The first kappa shape index (κ1) is 13.7. The van der Waals surface area contributed by atoms with E-state index in [1.807, 2.05) is 13.0 Å². The molecule has 0 unspecified atom stereocenters. The van der Waals surface area contributed by atoms with Crippen LogP contribution in [0.5, 0.6) is 0 Å². The summed E-state index contributed by atoms with van der Waals surface area (Å²) in [6.45, 7) is 3.50. The summed E-state index contributed by atoms with van der Waals surface area (Å²) in [6.07, 6.45) is 1.92. The van der Waals surface area contributed by atoms with E-state index >= 15 is 0 Å². The number of hydrogen-bond acceptors (Lipinski definition) is 4. The summed E-state index contributed by atoms with van der Waals surface area (Å²) < 4.78 is 0. The summed E-state index contributed by atoms with van der Waals surface area (Å²) in [6, 6.07) is 8.16. The van der Waals surface area contributed by atoms with E-state index in [1.165, 1.54) is 6.21 Å². The predicted molar refractivity (Wildman–Crippen MR) is 72.8 cm³/mol. The third-order valence-corrected chi connectivity index (χ3v) is 3.31. The van der Waals surface area contributed by atoms with E-state index in [2.05, 4.69) is 10.4 Å². The molecule has 1 aliphatic heterocycles. The molecule has 1 fully saturated rings. The first-order valence-electron chi connectivity index (χ1n) is 6.21. The van der Waals surface area contributed by atoms with Crippen LogP contribution in [-0.2, 0) is 4.79 Å². The fraction of sp³-hybridized carbons (Fsp3) is 0.286. The summed E-state index contributed by atoms with van der Waals surface area (Å²) in [5, 5.41) is 16.1. The summed E-state index contributed by atoms with van der Waals surface area (Å²) in [7, 11) is 0. The molecule has 0 spiro atoms. The second-order valence-corrected chi connectivity index (χ2v) is 4.71. The normalized spacial score (nSPS) is 22.1. The van der Waals surface area contributed by atoms with Gasteiger partial charge in [0.05, 0.1) is 17.8 Å². The number of carbonyl (C=O) groups excluding carboxylic acids is 2. The van der Waals surface area contributed by atoms with Crippen LogP contribution in [-0.4, -0.2) is 28.7 Å². The van der Waals surface area contributed by atoms with Gasteiger partial charge in [0.1, 0.15) is 5.54 Å². The van der Waals surface area contributed by atoms with Crippen LogP contribution in [0.3, 0.4) is 0 Å². The SMILES string of the molecule is CC[C@@]1(C)NC(=O)N(/N=C\c2ccc(C#N)cc2)C1=O. The monoisotopic (exact) mass is 270 g/mol. The minimum Gasteiger partial charge on any atom is -0.322 e. The molecule has 2 rings (SSSR count). The Balaban J connectivity index is 2.17. The molecule has 1 N–H and O–H groups in total.